The Balaban J connectivity index is 3.28. The monoisotopic (exact) mass is 296 g/mol. The summed E-state index contributed by atoms with van der Waals surface area (Å²) in [5.74, 6) is -0.544. The molecular weight excluding hydrogens is 276 g/mol. The van der Waals surface area contributed by atoms with Crippen molar-refractivity contribution in [1.82, 2.24) is 0 Å². The molecule has 0 heterocycles. The molecule has 0 atom stereocenters. The summed E-state index contributed by atoms with van der Waals surface area (Å²) >= 11 is 0. The summed E-state index contributed by atoms with van der Waals surface area (Å²) in [6.45, 7) is 6.50. The van der Waals surface area contributed by atoms with Gasteiger partial charge < -0.3 is 15.2 Å². The number of methoxy groups -OCH3 is 1. The number of rotatable bonds is 6. The standard InChI is InChI=1S/C14H20N2O5/c1-13(2,12(17)18)14(3,4)15-10-8-9(21-5)6-7-11(10)16(19)20/h6-8,15H,1-5H3,(H,17,18). The molecule has 0 radical (unpaired) electrons. The second-order valence-electron chi connectivity index (χ2n) is 5.82. The van der Waals surface area contributed by atoms with Gasteiger partial charge in [0.05, 0.1) is 17.4 Å². The van der Waals surface area contributed by atoms with Gasteiger partial charge in [-0.1, -0.05) is 0 Å². The van der Waals surface area contributed by atoms with E-state index in [1.165, 1.54) is 25.3 Å². The fourth-order valence-electron chi connectivity index (χ4n) is 1.66. The van der Waals surface area contributed by atoms with Gasteiger partial charge in [0.1, 0.15) is 11.4 Å². The number of nitro benzene ring substituents is 1. The Kier molecular flexibility index (Phi) is 4.46. The summed E-state index contributed by atoms with van der Waals surface area (Å²) in [6, 6.07) is 4.29. The van der Waals surface area contributed by atoms with Crippen LogP contribution >= 0.6 is 0 Å². The van der Waals surface area contributed by atoms with Crippen LogP contribution in [0.3, 0.4) is 0 Å². The third-order valence-corrected chi connectivity index (χ3v) is 3.94. The number of nitro groups is 1. The maximum Gasteiger partial charge on any atom is 0.311 e. The molecule has 1 aromatic carbocycles. The Hall–Kier alpha value is -2.31. The first kappa shape index (κ1) is 16.7. The van der Waals surface area contributed by atoms with Gasteiger partial charge in [0, 0.05) is 17.7 Å². The van der Waals surface area contributed by atoms with Crippen LogP contribution in [0.15, 0.2) is 18.2 Å². The van der Waals surface area contributed by atoms with Crippen molar-refractivity contribution in [3.8, 4) is 5.75 Å². The topological polar surface area (TPSA) is 102 Å². The van der Waals surface area contributed by atoms with Crippen LogP contribution < -0.4 is 10.1 Å². The van der Waals surface area contributed by atoms with Gasteiger partial charge in [-0.3, -0.25) is 14.9 Å². The molecule has 0 aliphatic heterocycles. The molecule has 0 aromatic heterocycles. The van der Waals surface area contributed by atoms with Crippen LogP contribution in [0.4, 0.5) is 11.4 Å². The number of hydrogen-bond acceptors (Lipinski definition) is 5. The predicted octanol–water partition coefficient (Wildman–Crippen LogP) is 2.90. The van der Waals surface area contributed by atoms with Crippen LogP contribution in [0, 0.1) is 15.5 Å². The zero-order chi connectivity index (χ0) is 16.4. The Bertz CT molecular complexity index is 566. The fourth-order valence-corrected chi connectivity index (χ4v) is 1.66. The highest BCUT2D eigenvalue weighted by atomic mass is 16.6. The van der Waals surface area contributed by atoms with Crippen molar-refractivity contribution in [2.24, 2.45) is 5.41 Å². The highest BCUT2D eigenvalue weighted by molar-refractivity contribution is 5.77. The maximum atomic E-state index is 11.4. The van der Waals surface area contributed by atoms with Crippen LogP contribution in [0.2, 0.25) is 0 Å². The van der Waals surface area contributed by atoms with E-state index in [1.54, 1.807) is 27.7 Å². The minimum atomic E-state index is -1.13. The predicted molar refractivity (Wildman–Crippen MR) is 78.8 cm³/mol. The number of carboxylic acids is 1. The van der Waals surface area contributed by atoms with Crippen LogP contribution in [0.25, 0.3) is 0 Å². The number of aliphatic carboxylic acids is 1. The van der Waals surface area contributed by atoms with Crippen molar-refractivity contribution < 1.29 is 19.6 Å². The van der Waals surface area contributed by atoms with Crippen molar-refractivity contribution in [2.75, 3.05) is 12.4 Å². The molecule has 0 aliphatic rings. The van der Waals surface area contributed by atoms with E-state index in [-0.39, 0.29) is 11.4 Å². The molecule has 21 heavy (non-hydrogen) atoms. The highest BCUT2D eigenvalue weighted by Crippen LogP contribution is 2.38. The maximum absolute atomic E-state index is 11.4. The molecule has 116 valence electrons. The van der Waals surface area contributed by atoms with Gasteiger partial charge in [0.25, 0.3) is 5.69 Å². The molecule has 0 bridgehead atoms. The summed E-state index contributed by atoms with van der Waals surface area (Å²) in [7, 11) is 1.46. The van der Waals surface area contributed by atoms with Gasteiger partial charge in [-0.05, 0) is 33.8 Å². The van der Waals surface area contributed by atoms with Gasteiger partial charge in [0.15, 0.2) is 0 Å². The van der Waals surface area contributed by atoms with E-state index >= 15 is 0 Å². The van der Waals surface area contributed by atoms with E-state index in [2.05, 4.69) is 5.32 Å². The first-order valence-electron chi connectivity index (χ1n) is 6.37. The zero-order valence-corrected chi connectivity index (χ0v) is 12.8. The molecule has 7 nitrogen and oxygen atoms in total. The molecule has 2 N–H and O–H groups in total. The third-order valence-electron chi connectivity index (χ3n) is 3.94. The third kappa shape index (κ3) is 3.24. The normalized spacial score (nSPS) is 11.9. The van der Waals surface area contributed by atoms with Crippen LogP contribution in [0.5, 0.6) is 5.75 Å². The van der Waals surface area contributed by atoms with Crippen molar-refractivity contribution in [2.45, 2.75) is 33.2 Å². The minimum Gasteiger partial charge on any atom is -0.497 e. The number of carboxylic acid groups (broad SMARTS) is 1. The first-order valence-corrected chi connectivity index (χ1v) is 6.37. The largest absolute Gasteiger partial charge is 0.497 e. The molecule has 0 unspecified atom stereocenters. The van der Waals surface area contributed by atoms with Gasteiger partial charge in [-0.15, -0.1) is 0 Å². The van der Waals surface area contributed by atoms with Crippen molar-refractivity contribution >= 4 is 17.3 Å². The second-order valence-corrected chi connectivity index (χ2v) is 5.82. The molecular formula is C14H20N2O5. The minimum absolute atomic E-state index is 0.134. The molecule has 0 amide bonds. The van der Waals surface area contributed by atoms with Crippen molar-refractivity contribution in [3.05, 3.63) is 28.3 Å². The summed E-state index contributed by atoms with van der Waals surface area (Å²) in [5, 5.41) is 23.4. The van der Waals surface area contributed by atoms with Gasteiger partial charge in [-0.25, -0.2) is 0 Å². The number of nitrogens with one attached hydrogen (secondary N) is 1. The lowest BCUT2D eigenvalue weighted by molar-refractivity contribution is -0.384. The Morgan fingerprint density at radius 1 is 1.33 bits per heavy atom. The average Bonchev–Trinajstić information content (AvgIpc) is 2.37. The van der Waals surface area contributed by atoms with Crippen molar-refractivity contribution in [3.63, 3.8) is 0 Å². The summed E-state index contributed by atoms with van der Waals surface area (Å²) in [4.78, 5) is 22.0. The molecule has 7 heteroatoms. The van der Waals surface area contributed by atoms with Crippen LogP contribution in [0.1, 0.15) is 27.7 Å². The van der Waals surface area contributed by atoms with Gasteiger partial charge >= 0.3 is 5.97 Å². The number of benzene rings is 1. The van der Waals surface area contributed by atoms with Crippen molar-refractivity contribution in [1.29, 1.82) is 0 Å². The lowest BCUT2D eigenvalue weighted by atomic mass is 9.74. The Labute approximate surface area is 123 Å². The summed E-state index contributed by atoms with van der Waals surface area (Å²) in [6.07, 6.45) is 0. The first-order chi connectivity index (χ1) is 9.52. The average molecular weight is 296 g/mol. The zero-order valence-electron chi connectivity index (χ0n) is 12.8. The quantitative estimate of drug-likeness (QED) is 0.618. The summed E-state index contributed by atoms with van der Waals surface area (Å²) in [5.41, 5.74) is -1.97. The highest BCUT2D eigenvalue weighted by Gasteiger charge is 2.44. The lowest BCUT2D eigenvalue weighted by Crippen LogP contribution is -2.50. The fraction of sp³-hybridized carbons (Fsp3) is 0.500. The number of nitrogens with zero attached hydrogens (tertiary/aromatic N) is 1. The van der Waals surface area contributed by atoms with Gasteiger partial charge in [0.2, 0.25) is 0 Å². The number of anilines is 1. The molecule has 0 saturated carbocycles. The molecule has 1 rings (SSSR count). The number of hydrogen-bond donors (Lipinski definition) is 2. The van der Waals surface area contributed by atoms with E-state index in [4.69, 9.17) is 4.74 Å². The summed E-state index contributed by atoms with van der Waals surface area (Å²) < 4.78 is 5.06. The Morgan fingerprint density at radius 3 is 2.33 bits per heavy atom. The second kappa shape index (κ2) is 5.59. The van der Waals surface area contributed by atoms with E-state index in [0.717, 1.165) is 0 Å². The number of ether oxygens (including phenoxy) is 1. The van der Waals surface area contributed by atoms with Gasteiger partial charge in [-0.2, -0.15) is 0 Å². The molecule has 0 aliphatic carbocycles. The van der Waals surface area contributed by atoms with E-state index in [9.17, 15) is 20.0 Å². The molecule has 0 spiro atoms. The number of carbonyl (C=O) groups is 1. The van der Waals surface area contributed by atoms with Crippen LogP contribution in [-0.2, 0) is 4.79 Å². The lowest BCUT2D eigenvalue weighted by Gasteiger charge is -2.39. The van der Waals surface area contributed by atoms with E-state index in [0.29, 0.717) is 5.75 Å². The molecule has 0 saturated heterocycles. The molecule has 0 fully saturated rings. The smallest absolute Gasteiger partial charge is 0.311 e. The molecule has 1 aromatic rings. The SMILES string of the molecule is COc1ccc([N+](=O)[O-])c(NC(C)(C)C(C)(C)C(=O)O)c1. The Morgan fingerprint density at radius 2 is 1.90 bits per heavy atom. The van der Waals surface area contributed by atoms with E-state index < -0.39 is 21.8 Å². The van der Waals surface area contributed by atoms with E-state index in [1.807, 2.05) is 0 Å². The van der Waals surface area contributed by atoms with Crippen LogP contribution in [-0.4, -0.2) is 28.6 Å².